The van der Waals surface area contributed by atoms with Gasteiger partial charge < -0.3 is 9.47 Å². The van der Waals surface area contributed by atoms with E-state index in [4.69, 9.17) is 32.7 Å². The molecule has 0 amide bonds. The average Bonchev–Trinajstić information content (AvgIpc) is 2.61. The second-order valence-electron chi connectivity index (χ2n) is 5.53. The van der Waals surface area contributed by atoms with E-state index in [9.17, 15) is 9.59 Å². The molecule has 0 radical (unpaired) electrons. The summed E-state index contributed by atoms with van der Waals surface area (Å²) in [7, 11) is 0. The molecule has 6 heteroatoms. The SMILES string of the molecule is CCOC(=O)C(C(=O)OCC)[C@H](c1ccc(Cl)cc1)c1ccccc1Cl. The first-order chi connectivity index (χ1) is 12.5. The summed E-state index contributed by atoms with van der Waals surface area (Å²) in [4.78, 5) is 25.3. The Bertz CT molecular complexity index is 741. The summed E-state index contributed by atoms with van der Waals surface area (Å²) in [6.45, 7) is 3.69. The van der Waals surface area contributed by atoms with Crippen LogP contribution in [0.25, 0.3) is 0 Å². The zero-order chi connectivity index (χ0) is 19.1. The Balaban J connectivity index is 2.61. The van der Waals surface area contributed by atoms with Crippen molar-refractivity contribution in [3.8, 4) is 0 Å². The van der Waals surface area contributed by atoms with Crippen molar-refractivity contribution in [2.24, 2.45) is 5.92 Å². The molecule has 1 atom stereocenters. The first-order valence-corrected chi connectivity index (χ1v) is 9.08. The van der Waals surface area contributed by atoms with E-state index < -0.39 is 23.8 Å². The van der Waals surface area contributed by atoms with Crippen LogP contribution in [0.4, 0.5) is 0 Å². The third kappa shape index (κ3) is 4.77. The molecule has 0 saturated carbocycles. The van der Waals surface area contributed by atoms with Crippen molar-refractivity contribution in [3.63, 3.8) is 0 Å². The summed E-state index contributed by atoms with van der Waals surface area (Å²) in [6.07, 6.45) is 0. The van der Waals surface area contributed by atoms with Crippen molar-refractivity contribution in [3.05, 3.63) is 69.7 Å². The normalized spacial score (nSPS) is 11.9. The third-order valence-corrected chi connectivity index (χ3v) is 4.48. The van der Waals surface area contributed by atoms with Gasteiger partial charge in [-0.15, -0.1) is 0 Å². The summed E-state index contributed by atoms with van der Waals surface area (Å²) in [5.41, 5.74) is 1.36. The Morgan fingerprint density at radius 3 is 1.92 bits per heavy atom. The minimum atomic E-state index is -1.17. The van der Waals surface area contributed by atoms with Crippen LogP contribution in [0.5, 0.6) is 0 Å². The molecule has 0 bridgehead atoms. The molecular weight excluding hydrogens is 375 g/mol. The maximum absolute atomic E-state index is 12.6. The summed E-state index contributed by atoms with van der Waals surface area (Å²) in [6, 6.07) is 14.0. The Kier molecular flexibility index (Phi) is 7.49. The van der Waals surface area contributed by atoms with Gasteiger partial charge in [0.1, 0.15) is 0 Å². The van der Waals surface area contributed by atoms with Gasteiger partial charge in [0.2, 0.25) is 0 Å². The molecule has 0 heterocycles. The van der Waals surface area contributed by atoms with Crippen LogP contribution < -0.4 is 0 Å². The molecular formula is C20H20Cl2O4. The van der Waals surface area contributed by atoms with Gasteiger partial charge in [0.05, 0.1) is 13.2 Å². The fourth-order valence-electron chi connectivity index (χ4n) is 2.78. The van der Waals surface area contributed by atoms with E-state index in [2.05, 4.69) is 0 Å². The number of benzene rings is 2. The van der Waals surface area contributed by atoms with E-state index in [1.165, 1.54) is 0 Å². The number of hydrogen-bond acceptors (Lipinski definition) is 4. The predicted octanol–water partition coefficient (Wildman–Crippen LogP) is 4.87. The van der Waals surface area contributed by atoms with Crippen LogP contribution in [-0.2, 0) is 19.1 Å². The lowest BCUT2D eigenvalue weighted by Crippen LogP contribution is -2.34. The molecule has 2 rings (SSSR count). The second kappa shape index (κ2) is 9.60. The zero-order valence-corrected chi connectivity index (χ0v) is 16.1. The molecule has 0 spiro atoms. The first-order valence-electron chi connectivity index (χ1n) is 8.32. The smallest absolute Gasteiger partial charge is 0.321 e. The first kappa shape index (κ1) is 20.3. The summed E-state index contributed by atoms with van der Waals surface area (Å²) in [5, 5.41) is 1.00. The van der Waals surface area contributed by atoms with Gasteiger partial charge in [0.25, 0.3) is 0 Å². The number of rotatable bonds is 7. The Labute approximate surface area is 163 Å². The van der Waals surface area contributed by atoms with Gasteiger partial charge in [-0.1, -0.05) is 53.5 Å². The minimum Gasteiger partial charge on any atom is -0.465 e. The topological polar surface area (TPSA) is 52.6 Å². The monoisotopic (exact) mass is 394 g/mol. The number of carbonyl (C=O) groups is 2. The van der Waals surface area contributed by atoms with Crippen LogP contribution in [0.15, 0.2) is 48.5 Å². The Hall–Kier alpha value is -2.04. The van der Waals surface area contributed by atoms with Gasteiger partial charge in [-0.25, -0.2) is 0 Å². The lowest BCUT2D eigenvalue weighted by atomic mass is 9.80. The molecule has 0 N–H and O–H groups in total. The molecule has 4 nitrogen and oxygen atoms in total. The highest BCUT2D eigenvalue weighted by Crippen LogP contribution is 2.38. The van der Waals surface area contributed by atoms with Crippen LogP contribution in [0, 0.1) is 5.92 Å². The lowest BCUT2D eigenvalue weighted by Gasteiger charge is -2.26. The molecule has 138 valence electrons. The van der Waals surface area contributed by atoms with E-state index in [0.717, 1.165) is 0 Å². The van der Waals surface area contributed by atoms with Gasteiger partial charge in [-0.05, 0) is 43.2 Å². The fourth-order valence-corrected chi connectivity index (χ4v) is 3.16. The Morgan fingerprint density at radius 1 is 0.885 bits per heavy atom. The molecule has 2 aromatic rings. The van der Waals surface area contributed by atoms with E-state index >= 15 is 0 Å². The molecule has 0 saturated heterocycles. The van der Waals surface area contributed by atoms with Crippen molar-refractivity contribution < 1.29 is 19.1 Å². The van der Waals surface area contributed by atoms with Crippen LogP contribution in [0.3, 0.4) is 0 Å². The number of ether oxygens (including phenoxy) is 2. The minimum absolute atomic E-state index is 0.157. The summed E-state index contributed by atoms with van der Waals surface area (Å²) < 4.78 is 10.3. The quantitative estimate of drug-likeness (QED) is 0.496. The molecule has 0 aromatic heterocycles. The second-order valence-corrected chi connectivity index (χ2v) is 6.38. The highest BCUT2D eigenvalue weighted by Gasteiger charge is 2.40. The van der Waals surface area contributed by atoms with E-state index in [-0.39, 0.29) is 13.2 Å². The molecule has 0 aliphatic rings. The maximum atomic E-state index is 12.6. The molecule has 0 unspecified atom stereocenters. The van der Waals surface area contributed by atoms with Crippen LogP contribution in [0.1, 0.15) is 30.9 Å². The van der Waals surface area contributed by atoms with E-state index in [1.807, 2.05) is 0 Å². The molecule has 0 aliphatic carbocycles. The molecule has 0 aliphatic heterocycles. The molecule has 26 heavy (non-hydrogen) atoms. The number of esters is 2. The largest absolute Gasteiger partial charge is 0.465 e. The molecule has 0 fully saturated rings. The fraction of sp³-hybridized carbons (Fsp3) is 0.300. The number of carbonyl (C=O) groups excluding carboxylic acids is 2. The average molecular weight is 395 g/mol. The predicted molar refractivity (Wildman–Crippen MR) is 102 cm³/mol. The van der Waals surface area contributed by atoms with Crippen molar-refractivity contribution in [2.45, 2.75) is 19.8 Å². The summed E-state index contributed by atoms with van der Waals surface area (Å²) in [5.74, 6) is -3.12. The van der Waals surface area contributed by atoms with Crippen molar-refractivity contribution in [1.82, 2.24) is 0 Å². The van der Waals surface area contributed by atoms with Gasteiger partial charge in [0, 0.05) is 16.0 Å². The van der Waals surface area contributed by atoms with Gasteiger partial charge in [-0.3, -0.25) is 9.59 Å². The van der Waals surface area contributed by atoms with E-state index in [1.54, 1.807) is 62.4 Å². The van der Waals surface area contributed by atoms with Crippen molar-refractivity contribution >= 4 is 35.1 Å². The van der Waals surface area contributed by atoms with Gasteiger partial charge >= 0.3 is 11.9 Å². The lowest BCUT2D eigenvalue weighted by molar-refractivity contribution is -0.162. The van der Waals surface area contributed by atoms with Crippen LogP contribution >= 0.6 is 23.2 Å². The van der Waals surface area contributed by atoms with Crippen LogP contribution in [-0.4, -0.2) is 25.2 Å². The zero-order valence-electron chi connectivity index (χ0n) is 14.6. The maximum Gasteiger partial charge on any atom is 0.321 e. The van der Waals surface area contributed by atoms with E-state index in [0.29, 0.717) is 21.2 Å². The number of halogens is 2. The van der Waals surface area contributed by atoms with Gasteiger partial charge in [0.15, 0.2) is 5.92 Å². The highest BCUT2D eigenvalue weighted by molar-refractivity contribution is 6.31. The highest BCUT2D eigenvalue weighted by atomic mass is 35.5. The molecule has 2 aromatic carbocycles. The van der Waals surface area contributed by atoms with Gasteiger partial charge in [-0.2, -0.15) is 0 Å². The third-order valence-electron chi connectivity index (χ3n) is 3.88. The summed E-state index contributed by atoms with van der Waals surface area (Å²) >= 11 is 12.4. The number of hydrogen-bond donors (Lipinski definition) is 0. The van der Waals surface area contributed by atoms with Crippen molar-refractivity contribution in [1.29, 1.82) is 0 Å². The van der Waals surface area contributed by atoms with Crippen LogP contribution in [0.2, 0.25) is 10.0 Å². The Morgan fingerprint density at radius 2 is 1.42 bits per heavy atom. The standard InChI is InChI=1S/C20H20Cl2O4/c1-3-25-19(23)18(20(24)26-4-2)17(13-9-11-14(21)12-10-13)15-7-5-6-8-16(15)22/h5-12,17-18H,3-4H2,1-2H3/t17-/m1/s1. The van der Waals surface area contributed by atoms with Crippen molar-refractivity contribution in [2.75, 3.05) is 13.2 Å².